The van der Waals surface area contributed by atoms with Gasteiger partial charge in [0, 0.05) is 18.2 Å². The summed E-state index contributed by atoms with van der Waals surface area (Å²) in [4.78, 5) is 4.34. The summed E-state index contributed by atoms with van der Waals surface area (Å²) in [5.74, 6) is 2.38. The van der Waals surface area contributed by atoms with Gasteiger partial charge in [0.2, 0.25) is 5.75 Å². The number of guanidine groups is 1. The van der Waals surface area contributed by atoms with E-state index in [1.54, 1.807) is 21.3 Å². The molecule has 0 fully saturated rings. The van der Waals surface area contributed by atoms with Crippen molar-refractivity contribution in [2.24, 2.45) is 10.7 Å². The van der Waals surface area contributed by atoms with E-state index in [2.05, 4.69) is 24.2 Å². The van der Waals surface area contributed by atoms with E-state index < -0.39 is 0 Å². The summed E-state index contributed by atoms with van der Waals surface area (Å²) in [7, 11) is 4.81. The van der Waals surface area contributed by atoms with E-state index in [0.717, 1.165) is 12.0 Å². The van der Waals surface area contributed by atoms with E-state index in [0.29, 0.717) is 42.2 Å². The smallest absolute Gasteiger partial charge is 0.203 e. The third kappa shape index (κ3) is 4.72. The first-order chi connectivity index (χ1) is 10.6. The number of rotatable bonds is 8. The van der Waals surface area contributed by atoms with E-state index >= 15 is 0 Å². The average molecular weight is 309 g/mol. The maximum Gasteiger partial charge on any atom is 0.203 e. The summed E-state index contributed by atoms with van der Waals surface area (Å²) in [6.07, 6.45) is 1.70. The molecule has 0 aliphatic carbocycles. The second-order valence-corrected chi connectivity index (χ2v) is 4.96. The molecule has 0 saturated carbocycles. The minimum absolute atomic E-state index is 0.319. The van der Waals surface area contributed by atoms with Crippen LogP contribution in [0.2, 0.25) is 0 Å². The van der Waals surface area contributed by atoms with Crippen molar-refractivity contribution < 1.29 is 14.2 Å². The Morgan fingerprint density at radius 2 is 1.86 bits per heavy atom. The van der Waals surface area contributed by atoms with Gasteiger partial charge in [-0.2, -0.15) is 0 Å². The van der Waals surface area contributed by atoms with Crippen LogP contribution in [0.3, 0.4) is 0 Å². The van der Waals surface area contributed by atoms with E-state index in [4.69, 9.17) is 19.9 Å². The highest BCUT2D eigenvalue weighted by atomic mass is 16.5. The molecule has 0 heterocycles. The van der Waals surface area contributed by atoms with Crippen molar-refractivity contribution in [3.63, 3.8) is 0 Å². The van der Waals surface area contributed by atoms with Crippen LogP contribution in [0.15, 0.2) is 17.1 Å². The van der Waals surface area contributed by atoms with Crippen molar-refractivity contribution in [2.45, 2.75) is 32.7 Å². The highest BCUT2D eigenvalue weighted by Gasteiger charge is 2.15. The molecule has 1 atom stereocenters. The predicted octanol–water partition coefficient (Wildman–Crippen LogP) is 1.96. The quantitative estimate of drug-likeness (QED) is 0.567. The van der Waals surface area contributed by atoms with Gasteiger partial charge in [-0.3, -0.25) is 4.99 Å². The third-order valence-electron chi connectivity index (χ3n) is 3.46. The lowest BCUT2D eigenvalue weighted by Gasteiger charge is -2.15. The van der Waals surface area contributed by atoms with E-state index in [1.807, 2.05) is 12.1 Å². The molecule has 6 nitrogen and oxygen atoms in total. The van der Waals surface area contributed by atoms with Crippen molar-refractivity contribution in [3.05, 3.63) is 17.7 Å². The second-order valence-electron chi connectivity index (χ2n) is 4.96. The Bertz CT molecular complexity index is 504. The van der Waals surface area contributed by atoms with Crippen LogP contribution in [0.4, 0.5) is 0 Å². The zero-order valence-corrected chi connectivity index (χ0v) is 14.1. The number of methoxy groups -OCH3 is 3. The Morgan fingerprint density at radius 1 is 1.18 bits per heavy atom. The van der Waals surface area contributed by atoms with Crippen molar-refractivity contribution in [1.82, 2.24) is 5.32 Å². The van der Waals surface area contributed by atoms with Gasteiger partial charge in [0.25, 0.3) is 0 Å². The van der Waals surface area contributed by atoms with Crippen LogP contribution in [0.5, 0.6) is 17.2 Å². The maximum atomic E-state index is 5.85. The molecule has 0 aliphatic heterocycles. The van der Waals surface area contributed by atoms with Gasteiger partial charge < -0.3 is 25.3 Å². The van der Waals surface area contributed by atoms with Crippen LogP contribution in [0.25, 0.3) is 0 Å². The number of nitrogens with zero attached hydrogens (tertiary/aromatic N) is 1. The molecule has 0 radical (unpaired) electrons. The Hall–Kier alpha value is -2.11. The van der Waals surface area contributed by atoms with Crippen LogP contribution >= 0.6 is 0 Å². The fourth-order valence-electron chi connectivity index (χ4n) is 2.06. The summed E-state index contributed by atoms with van der Waals surface area (Å²) < 4.78 is 16.1. The number of hydrogen-bond donors (Lipinski definition) is 2. The number of ether oxygens (including phenoxy) is 3. The van der Waals surface area contributed by atoms with Crippen LogP contribution in [0.1, 0.15) is 25.8 Å². The summed E-state index contributed by atoms with van der Waals surface area (Å²) in [5, 5.41) is 3.14. The molecule has 0 spiro atoms. The lowest BCUT2D eigenvalue weighted by molar-refractivity contribution is 0.322. The Morgan fingerprint density at radius 3 is 2.41 bits per heavy atom. The molecule has 0 aromatic heterocycles. The highest BCUT2D eigenvalue weighted by molar-refractivity contribution is 5.78. The number of nitrogens with two attached hydrogens (primary N) is 1. The van der Waals surface area contributed by atoms with Crippen LogP contribution in [-0.4, -0.2) is 39.9 Å². The largest absolute Gasteiger partial charge is 0.493 e. The molecule has 0 saturated heterocycles. The molecule has 1 aromatic carbocycles. The fraction of sp³-hybridized carbons (Fsp3) is 0.562. The zero-order chi connectivity index (χ0) is 16.5. The fourth-order valence-corrected chi connectivity index (χ4v) is 2.06. The maximum absolute atomic E-state index is 5.85. The molecule has 3 N–H and O–H groups in total. The molecule has 124 valence electrons. The lowest BCUT2D eigenvalue weighted by atomic mass is 10.1. The van der Waals surface area contributed by atoms with Crippen molar-refractivity contribution >= 4 is 5.96 Å². The molecule has 0 bridgehead atoms. The summed E-state index contributed by atoms with van der Waals surface area (Å²) in [6, 6.07) is 4.13. The van der Waals surface area contributed by atoms with Gasteiger partial charge in [0.05, 0.1) is 21.3 Å². The zero-order valence-electron chi connectivity index (χ0n) is 14.1. The summed E-state index contributed by atoms with van der Waals surface area (Å²) in [5.41, 5.74) is 6.85. The van der Waals surface area contributed by atoms with Gasteiger partial charge in [-0.05, 0) is 25.8 Å². The topological polar surface area (TPSA) is 78.1 Å². The SMILES string of the molecule is CCC(C)NC(N)=NCCc1ccc(OC)c(OC)c1OC. The second kappa shape index (κ2) is 9.02. The summed E-state index contributed by atoms with van der Waals surface area (Å²) >= 11 is 0. The van der Waals surface area contributed by atoms with Crippen molar-refractivity contribution in [3.8, 4) is 17.2 Å². The van der Waals surface area contributed by atoms with E-state index in [1.165, 1.54) is 0 Å². The van der Waals surface area contributed by atoms with Crippen molar-refractivity contribution in [1.29, 1.82) is 0 Å². The van der Waals surface area contributed by atoms with E-state index in [-0.39, 0.29) is 0 Å². The molecule has 0 aliphatic rings. The average Bonchev–Trinajstić information content (AvgIpc) is 2.53. The minimum atomic E-state index is 0.319. The Balaban J connectivity index is 2.80. The molecule has 0 amide bonds. The highest BCUT2D eigenvalue weighted by Crippen LogP contribution is 2.39. The lowest BCUT2D eigenvalue weighted by Crippen LogP contribution is -2.38. The molecular formula is C16H27N3O3. The van der Waals surface area contributed by atoms with Crippen LogP contribution < -0.4 is 25.3 Å². The number of aliphatic imine (C=N–C) groups is 1. The summed E-state index contributed by atoms with van der Waals surface area (Å²) in [6.45, 7) is 4.74. The molecule has 1 rings (SSSR count). The van der Waals surface area contributed by atoms with Gasteiger partial charge in [-0.25, -0.2) is 0 Å². The Kier molecular flexibility index (Phi) is 7.36. The molecule has 1 aromatic rings. The first-order valence-electron chi connectivity index (χ1n) is 7.41. The number of benzene rings is 1. The van der Waals surface area contributed by atoms with Crippen LogP contribution in [0, 0.1) is 0 Å². The van der Waals surface area contributed by atoms with E-state index in [9.17, 15) is 0 Å². The molecule has 22 heavy (non-hydrogen) atoms. The van der Waals surface area contributed by atoms with Gasteiger partial charge in [0.1, 0.15) is 0 Å². The first-order valence-corrected chi connectivity index (χ1v) is 7.41. The van der Waals surface area contributed by atoms with Gasteiger partial charge in [0.15, 0.2) is 17.5 Å². The standard InChI is InChI=1S/C16H27N3O3/c1-6-11(2)19-16(17)18-10-9-12-7-8-13(20-3)15(22-5)14(12)21-4/h7-8,11H,6,9-10H2,1-5H3,(H3,17,18,19). The van der Waals surface area contributed by atoms with Crippen molar-refractivity contribution in [2.75, 3.05) is 27.9 Å². The number of hydrogen-bond acceptors (Lipinski definition) is 4. The predicted molar refractivity (Wildman–Crippen MR) is 89.2 cm³/mol. The van der Waals surface area contributed by atoms with Gasteiger partial charge in [-0.1, -0.05) is 13.0 Å². The Labute approximate surface area is 132 Å². The van der Waals surface area contributed by atoms with Gasteiger partial charge in [-0.15, -0.1) is 0 Å². The van der Waals surface area contributed by atoms with Crippen LogP contribution in [-0.2, 0) is 6.42 Å². The molecule has 1 unspecified atom stereocenters. The van der Waals surface area contributed by atoms with Gasteiger partial charge >= 0.3 is 0 Å². The minimum Gasteiger partial charge on any atom is -0.493 e. The third-order valence-corrected chi connectivity index (χ3v) is 3.46. The normalized spacial score (nSPS) is 12.7. The molecule has 6 heteroatoms. The number of nitrogens with one attached hydrogen (secondary N) is 1. The first kappa shape index (κ1) is 17.9. The molecular weight excluding hydrogens is 282 g/mol. The monoisotopic (exact) mass is 309 g/mol.